The summed E-state index contributed by atoms with van der Waals surface area (Å²) >= 11 is 3.46. The van der Waals surface area contributed by atoms with Gasteiger partial charge < -0.3 is 10.1 Å². The van der Waals surface area contributed by atoms with Gasteiger partial charge in [-0.3, -0.25) is 9.48 Å². The van der Waals surface area contributed by atoms with E-state index in [-0.39, 0.29) is 5.57 Å². The number of nitrogens with zero attached hydrogens (tertiary/aromatic N) is 3. The predicted octanol–water partition coefficient (Wildman–Crippen LogP) is 6.31. The van der Waals surface area contributed by atoms with Gasteiger partial charge in [-0.05, 0) is 42.8 Å². The molecule has 0 spiro atoms. The molecule has 0 aliphatic carbocycles. The molecule has 3 aromatic carbocycles. The van der Waals surface area contributed by atoms with Gasteiger partial charge >= 0.3 is 0 Å². The van der Waals surface area contributed by atoms with Crippen molar-refractivity contribution in [2.45, 2.75) is 13.5 Å². The Balaban J connectivity index is 1.67. The number of nitrogens with one attached hydrogen (secondary N) is 1. The van der Waals surface area contributed by atoms with Crippen molar-refractivity contribution in [1.29, 1.82) is 5.26 Å². The Hall–Kier alpha value is -4.15. The van der Waals surface area contributed by atoms with E-state index in [9.17, 15) is 10.1 Å². The Kier molecular flexibility index (Phi) is 7.76. The first-order chi connectivity index (χ1) is 17.1. The summed E-state index contributed by atoms with van der Waals surface area (Å²) in [7, 11) is 0. The summed E-state index contributed by atoms with van der Waals surface area (Å²) in [6.07, 6.45) is 3.43. The minimum Gasteiger partial charge on any atom is -0.492 e. The van der Waals surface area contributed by atoms with Gasteiger partial charge in [-0.15, -0.1) is 0 Å². The first kappa shape index (κ1) is 24.0. The van der Waals surface area contributed by atoms with Crippen molar-refractivity contribution in [3.8, 4) is 23.1 Å². The first-order valence-corrected chi connectivity index (χ1v) is 11.9. The quantitative estimate of drug-likeness (QED) is 0.215. The first-order valence-electron chi connectivity index (χ1n) is 11.1. The summed E-state index contributed by atoms with van der Waals surface area (Å²) in [6, 6.07) is 26.9. The molecule has 0 unspecified atom stereocenters. The molecular weight excluding hydrogens is 504 g/mol. The average molecular weight is 527 g/mol. The zero-order valence-electron chi connectivity index (χ0n) is 19.1. The minimum atomic E-state index is -0.515. The normalized spacial score (nSPS) is 11.1. The number of hydrogen-bond donors (Lipinski definition) is 1. The van der Waals surface area contributed by atoms with Crippen LogP contribution in [0.4, 0.5) is 5.69 Å². The van der Waals surface area contributed by atoms with Gasteiger partial charge in [-0.2, -0.15) is 10.4 Å². The molecule has 1 N–H and O–H groups in total. The molecule has 174 valence electrons. The van der Waals surface area contributed by atoms with Crippen LogP contribution < -0.4 is 10.1 Å². The summed E-state index contributed by atoms with van der Waals surface area (Å²) in [5.74, 6) is 0.0345. The summed E-state index contributed by atoms with van der Waals surface area (Å²) < 4.78 is 8.40. The van der Waals surface area contributed by atoms with Gasteiger partial charge in [0.05, 0.1) is 24.5 Å². The molecule has 7 heteroatoms. The van der Waals surface area contributed by atoms with E-state index in [0.717, 1.165) is 15.6 Å². The largest absolute Gasteiger partial charge is 0.492 e. The maximum Gasteiger partial charge on any atom is 0.266 e. The number of carbonyl (C=O) groups excluding carboxylic acids is 1. The molecule has 0 bridgehead atoms. The van der Waals surface area contributed by atoms with Crippen molar-refractivity contribution in [3.63, 3.8) is 0 Å². The second kappa shape index (κ2) is 11.3. The van der Waals surface area contributed by atoms with Crippen molar-refractivity contribution in [2.24, 2.45) is 0 Å². The van der Waals surface area contributed by atoms with Crippen LogP contribution in [0.2, 0.25) is 0 Å². The van der Waals surface area contributed by atoms with Crippen LogP contribution >= 0.6 is 15.9 Å². The van der Waals surface area contributed by atoms with Crippen LogP contribution in [0.15, 0.2) is 95.1 Å². The number of nitriles is 1. The average Bonchev–Trinajstić information content (AvgIpc) is 3.28. The molecule has 4 aromatic rings. The van der Waals surface area contributed by atoms with Gasteiger partial charge in [0.2, 0.25) is 0 Å². The zero-order valence-corrected chi connectivity index (χ0v) is 20.7. The van der Waals surface area contributed by atoms with Crippen LogP contribution in [0.1, 0.15) is 18.1 Å². The van der Waals surface area contributed by atoms with E-state index in [0.29, 0.717) is 35.8 Å². The number of amides is 1. The molecule has 0 radical (unpaired) electrons. The smallest absolute Gasteiger partial charge is 0.266 e. The van der Waals surface area contributed by atoms with Crippen molar-refractivity contribution in [2.75, 3.05) is 11.9 Å². The fourth-order valence-electron chi connectivity index (χ4n) is 3.57. The summed E-state index contributed by atoms with van der Waals surface area (Å²) in [5, 5.41) is 17.4. The van der Waals surface area contributed by atoms with Crippen LogP contribution in [-0.2, 0) is 11.3 Å². The molecule has 0 atom stereocenters. The topological polar surface area (TPSA) is 79.9 Å². The molecule has 1 heterocycles. The number of benzene rings is 3. The molecule has 1 aromatic heterocycles. The van der Waals surface area contributed by atoms with Crippen LogP contribution in [0.3, 0.4) is 0 Å². The third kappa shape index (κ3) is 6.05. The van der Waals surface area contributed by atoms with Gasteiger partial charge in [-0.25, -0.2) is 0 Å². The van der Waals surface area contributed by atoms with E-state index in [1.807, 2.05) is 84.5 Å². The molecule has 6 nitrogen and oxygen atoms in total. The SMILES string of the molecule is CCOc1ccccc1NC(=O)/C(C#N)=C/c1cn(Cc2ccc(Br)cc2)nc1-c1ccccc1. The number of carbonyl (C=O) groups is 1. The monoisotopic (exact) mass is 526 g/mol. The molecular formula is C28H23BrN4O2. The van der Waals surface area contributed by atoms with E-state index < -0.39 is 5.91 Å². The molecule has 0 saturated carbocycles. The number of ether oxygens (including phenoxy) is 1. The Morgan fingerprint density at radius 3 is 2.51 bits per heavy atom. The number of halogens is 1. The van der Waals surface area contributed by atoms with E-state index in [1.165, 1.54) is 0 Å². The third-order valence-corrected chi connectivity index (χ3v) is 5.72. The van der Waals surface area contributed by atoms with Crippen molar-refractivity contribution in [1.82, 2.24) is 9.78 Å². The molecule has 0 aliphatic rings. The Morgan fingerprint density at radius 1 is 1.09 bits per heavy atom. The van der Waals surface area contributed by atoms with E-state index in [2.05, 4.69) is 21.2 Å². The molecule has 0 saturated heterocycles. The molecule has 0 fully saturated rings. The fraction of sp³-hybridized carbons (Fsp3) is 0.107. The number of aromatic nitrogens is 2. The Morgan fingerprint density at radius 2 is 1.80 bits per heavy atom. The lowest BCUT2D eigenvalue weighted by Gasteiger charge is -2.10. The second-order valence-electron chi connectivity index (χ2n) is 7.68. The lowest BCUT2D eigenvalue weighted by molar-refractivity contribution is -0.112. The van der Waals surface area contributed by atoms with E-state index in [1.54, 1.807) is 24.3 Å². The third-order valence-electron chi connectivity index (χ3n) is 5.20. The number of rotatable bonds is 8. The minimum absolute atomic E-state index is 0.0309. The second-order valence-corrected chi connectivity index (χ2v) is 8.59. The maximum absolute atomic E-state index is 13.0. The number of anilines is 1. The van der Waals surface area contributed by atoms with Crippen LogP contribution in [-0.4, -0.2) is 22.3 Å². The highest BCUT2D eigenvalue weighted by Gasteiger charge is 2.16. The molecule has 0 aliphatic heterocycles. The fourth-order valence-corrected chi connectivity index (χ4v) is 3.83. The lowest BCUT2D eigenvalue weighted by Crippen LogP contribution is -2.14. The standard InChI is InChI=1S/C28H23BrN4O2/c1-2-35-26-11-7-6-10-25(26)31-28(34)22(17-30)16-23-19-33(18-20-12-14-24(29)15-13-20)32-27(23)21-8-4-3-5-9-21/h3-16,19H,2,18H2,1H3,(H,31,34)/b22-16+. The van der Waals surface area contributed by atoms with Crippen molar-refractivity contribution >= 4 is 33.6 Å². The Labute approximate surface area is 212 Å². The van der Waals surface area contributed by atoms with Crippen LogP contribution in [0.25, 0.3) is 17.3 Å². The molecule has 1 amide bonds. The highest BCUT2D eigenvalue weighted by molar-refractivity contribution is 9.10. The van der Waals surface area contributed by atoms with Crippen LogP contribution in [0, 0.1) is 11.3 Å². The van der Waals surface area contributed by atoms with Gasteiger partial charge in [0.25, 0.3) is 5.91 Å². The zero-order chi connectivity index (χ0) is 24.6. The lowest BCUT2D eigenvalue weighted by atomic mass is 10.1. The molecule has 4 rings (SSSR count). The number of hydrogen-bond acceptors (Lipinski definition) is 4. The van der Waals surface area contributed by atoms with Gasteiger partial charge in [0.1, 0.15) is 17.4 Å². The molecule has 35 heavy (non-hydrogen) atoms. The highest BCUT2D eigenvalue weighted by Crippen LogP contribution is 2.27. The summed E-state index contributed by atoms with van der Waals surface area (Å²) in [6.45, 7) is 2.89. The van der Waals surface area contributed by atoms with Crippen molar-refractivity contribution in [3.05, 3.63) is 106 Å². The van der Waals surface area contributed by atoms with E-state index in [4.69, 9.17) is 9.84 Å². The maximum atomic E-state index is 13.0. The highest BCUT2D eigenvalue weighted by atomic mass is 79.9. The van der Waals surface area contributed by atoms with Crippen molar-refractivity contribution < 1.29 is 9.53 Å². The predicted molar refractivity (Wildman–Crippen MR) is 141 cm³/mol. The van der Waals surface area contributed by atoms with E-state index >= 15 is 0 Å². The Bertz CT molecular complexity index is 1390. The van der Waals surface area contributed by atoms with Gasteiger partial charge in [0.15, 0.2) is 0 Å². The van der Waals surface area contributed by atoms with Crippen LogP contribution in [0.5, 0.6) is 5.75 Å². The summed E-state index contributed by atoms with van der Waals surface area (Å²) in [4.78, 5) is 13.0. The summed E-state index contributed by atoms with van der Waals surface area (Å²) in [5.41, 5.74) is 3.83. The van der Waals surface area contributed by atoms with Gasteiger partial charge in [0, 0.05) is 21.8 Å². The number of para-hydroxylation sites is 2. The van der Waals surface area contributed by atoms with Gasteiger partial charge in [-0.1, -0.05) is 70.5 Å².